The summed E-state index contributed by atoms with van der Waals surface area (Å²) in [6, 6.07) is 0. The number of thioether (sulfide) groups is 1. The van der Waals surface area contributed by atoms with Crippen molar-refractivity contribution in [3.8, 4) is 0 Å². The summed E-state index contributed by atoms with van der Waals surface area (Å²) in [5.41, 5.74) is 0. The van der Waals surface area contributed by atoms with Gasteiger partial charge >= 0.3 is 5.97 Å². The van der Waals surface area contributed by atoms with E-state index in [1.165, 1.54) is 0 Å². The van der Waals surface area contributed by atoms with Gasteiger partial charge in [0.25, 0.3) is 0 Å². The monoisotopic (exact) mass is 287 g/mol. The van der Waals surface area contributed by atoms with Crippen molar-refractivity contribution in [1.29, 1.82) is 0 Å². The first-order valence-electron chi connectivity index (χ1n) is 6.99. The molecule has 0 spiro atoms. The van der Waals surface area contributed by atoms with Crippen LogP contribution in [0.15, 0.2) is 0 Å². The molecule has 0 bridgehead atoms. The molecule has 4 nitrogen and oxygen atoms in total. The number of amides is 1. The zero-order valence-electron chi connectivity index (χ0n) is 12.0. The molecule has 19 heavy (non-hydrogen) atoms. The number of carboxylic acids is 1. The van der Waals surface area contributed by atoms with Gasteiger partial charge in [-0.3, -0.25) is 9.59 Å². The largest absolute Gasteiger partial charge is 0.481 e. The molecule has 0 aromatic heterocycles. The third kappa shape index (κ3) is 4.71. The van der Waals surface area contributed by atoms with Gasteiger partial charge in [-0.05, 0) is 36.7 Å². The molecule has 1 amide bonds. The summed E-state index contributed by atoms with van der Waals surface area (Å²) < 4.78 is 0. The molecule has 0 saturated heterocycles. The van der Waals surface area contributed by atoms with Gasteiger partial charge in [0, 0.05) is 6.54 Å². The number of carbonyl (C=O) groups excluding carboxylic acids is 1. The Morgan fingerprint density at radius 1 is 1.37 bits per heavy atom. The lowest BCUT2D eigenvalue weighted by Gasteiger charge is -2.17. The van der Waals surface area contributed by atoms with E-state index in [0.717, 1.165) is 18.6 Å². The number of rotatable bonds is 7. The number of carboxylic acid groups (broad SMARTS) is 1. The van der Waals surface area contributed by atoms with Crippen LogP contribution < -0.4 is 5.32 Å². The third-order valence-corrected chi connectivity index (χ3v) is 4.87. The number of carbonyl (C=O) groups is 2. The van der Waals surface area contributed by atoms with Crippen molar-refractivity contribution in [3.05, 3.63) is 0 Å². The van der Waals surface area contributed by atoms with E-state index < -0.39 is 11.9 Å². The van der Waals surface area contributed by atoms with E-state index in [0.29, 0.717) is 24.8 Å². The van der Waals surface area contributed by atoms with E-state index in [-0.39, 0.29) is 11.8 Å². The summed E-state index contributed by atoms with van der Waals surface area (Å²) in [4.78, 5) is 23.4. The molecule has 4 atom stereocenters. The number of hydrogen-bond donors (Lipinski definition) is 2. The van der Waals surface area contributed by atoms with Gasteiger partial charge in [0.1, 0.15) is 0 Å². The van der Waals surface area contributed by atoms with Crippen molar-refractivity contribution in [2.45, 2.75) is 33.1 Å². The number of hydrogen-bond acceptors (Lipinski definition) is 3. The average molecular weight is 287 g/mol. The van der Waals surface area contributed by atoms with Gasteiger partial charge in [0.05, 0.1) is 11.8 Å². The van der Waals surface area contributed by atoms with E-state index in [1.807, 2.05) is 6.26 Å². The molecule has 0 aromatic rings. The van der Waals surface area contributed by atoms with Crippen LogP contribution >= 0.6 is 11.8 Å². The van der Waals surface area contributed by atoms with E-state index in [2.05, 4.69) is 19.2 Å². The fourth-order valence-corrected chi connectivity index (χ4v) is 3.48. The van der Waals surface area contributed by atoms with Gasteiger partial charge in [-0.2, -0.15) is 11.8 Å². The molecule has 1 aliphatic rings. The molecule has 2 N–H and O–H groups in total. The van der Waals surface area contributed by atoms with Crippen LogP contribution in [0.4, 0.5) is 0 Å². The maximum atomic E-state index is 12.1. The van der Waals surface area contributed by atoms with Crippen molar-refractivity contribution < 1.29 is 14.7 Å². The smallest absolute Gasteiger partial charge is 0.307 e. The zero-order valence-corrected chi connectivity index (χ0v) is 12.8. The molecule has 1 saturated carbocycles. The summed E-state index contributed by atoms with van der Waals surface area (Å²) in [7, 11) is 0. The van der Waals surface area contributed by atoms with E-state index in [1.54, 1.807) is 11.8 Å². The van der Waals surface area contributed by atoms with Crippen LogP contribution in [0.2, 0.25) is 0 Å². The number of nitrogens with one attached hydrogen (secondary N) is 1. The van der Waals surface area contributed by atoms with E-state index >= 15 is 0 Å². The second-order valence-corrected chi connectivity index (χ2v) is 6.51. The highest BCUT2D eigenvalue weighted by atomic mass is 32.2. The molecule has 0 aromatic carbocycles. The van der Waals surface area contributed by atoms with Crippen LogP contribution in [-0.2, 0) is 9.59 Å². The Kier molecular flexibility index (Phi) is 6.69. The summed E-state index contributed by atoms with van der Waals surface area (Å²) in [5, 5.41) is 12.1. The molecule has 5 heteroatoms. The van der Waals surface area contributed by atoms with Gasteiger partial charge in [-0.15, -0.1) is 0 Å². The lowest BCUT2D eigenvalue weighted by atomic mass is 9.95. The predicted octanol–water partition coefficient (Wildman–Crippen LogP) is 2.24. The molecule has 2 unspecified atom stereocenters. The first-order valence-corrected chi connectivity index (χ1v) is 8.38. The van der Waals surface area contributed by atoms with E-state index in [4.69, 9.17) is 0 Å². The Labute approximate surface area is 119 Å². The number of aliphatic carboxylic acids is 1. The standard InChI is InChI=1S/C14H25NO3S/c1-4-10-5-11(12(6-10)14(17)18)13(16)15-7-9(2)8-19-3/h9-12H,4-8H2,1-3H3,(H,15,16)(H,17,18)/t9?,10?,11-,12+/m0/s1. The Bertz CT molecular complexity index is 322. The molecule has 1 rings (SSSR count). The minimum Gasteiger partial charge on any atom is -0.481 e. The predicted molar refractivity (Wildman–Crippen MR) is 78.2 cm³/mol. The molecule has 1 fully saturated rings. The van der Waals surface area contributed by atoms with Crippen LogP contribution in [0.25, 0.3) is 0 Å². The maximum absolute atomic E-state index is 12.1. The molecule has 1 aliphatic carbocycles. The van der Waals surface area contributed by atoms with Crippen molar-refractivity contribution in [2.75, 3.05) is 18.6 Å². The van der Waals surface area contributed by atoms with Crippen LogP contribution in [0.3, 0.4) is 0 Å². The van der Waals surface area contributed by atoms with Gasteiger partial charge in [0.15, 0.2) is 0 Å². The first-order chi connectivity index (χ1) is 8.99. The molecule has 0 radical (unpaired) electrons. The van der Waals surface area contributed by atoms with E-state index in [9.17, 15) is 14.7 Å². The van der Waals surface area contributed by atoms with Gasteiger partial charge in [-0.25, -0.2) is 0 Å². The molecule has 110 valence electrons. The summed E-state index contributed by atoms with van der Waals surface area (Å²) >= 11 is 1.76. The van der Waals surface area contributed by atoms with Crippen molar-refractivity contribution in [1.82, 2.24) is 5.32 Å². The Morgan fingerprint density at radius 3 is 2.53 bits per heavy atom. The fourth-order valence-electron chi connectivity index (χ4n) is 2.79. The van der Waals surface area contributed by atoms with Gasteiger partial charge in [-0.1, -0.05) is 20.3 Å². The molecule has 0 aliphatic heterocycles. The summed E-state index contributed by atoms with van der Waals surface area (Å²) in [6.07, 6.45) is 4.36. The minimum atomic E-state index is -0.826. The van der Waals surface area contributed by atoms with Gasteiger partial charge in [0.2, 0.25) is 5.91 Å². The summed E-state index contributed by atoms with van der Waals surface area (Å²) in [5.74, 6) is 0.0608. The molecular formula is C14H25NO3S. The van der Waals surface area contributed by atoms with Crippen LogP contribution in [0.5, 0.6) is 0 Å². The van der Waals surface area contributed by atoms with Gasteiger partial charge < -0.3 is 10.4 Å². The molecular weight excluding hydrogens is 262 g/mol. The highest BCUT2D eigenvalue weighted by Gasteiger charge is 2.41. The topological polar surface area (TPSA) is 66.4 Å². The quantitative estimate of drug-likeness (QED) is 0.753. The lowest BCUT2D eigenvalue weighted by molar-refractivity contribution is -0.146. The maximum Gasteiger partial charge on any atom is 0.307 e. The SMILES string of the molecule is CCC1C[C@H](C(=O)NCC(C)CSC)[C@H](C(=O)O)C1. The summed E-state index contributed by atoms with van der Waals surface area (Å²) in [6.45, 7) is 4.79. The zero-order chi connectivity index (χ0) is 14.4. The van der Waals surface area contributed by atoms with Crippen molar-refractivity contribution in [3.63, 3.8) is 0 Å². The second-order valence-electron chi connectivity index (χ2n) is 5.60. The Morgan fingerprint density at radius 2 is 2.00 bits per heavy atom. The Hall–Kier alpha value is -0.710. The lowest BCUT2D eigenvalue weighted by Crippen LogP contribution is -2.37. The normalized spacial score (nSPS) is 28.1. The first kappa shape index (κ1) is 16.3. The second kappa shape index (κ2) is 7.78. The van der Waals surface area contributed by atoms with Crippen molar-refractivity contribution >= 4 is 23.6 Å². The van der Waals surface area contributed by atoms with Crippen LogP contribution in [0.1, 0.15) is 33.1 Å². The average Bonchev–Trinajstić information content (AvgIpc) is 2.80. The highest BCUT2D eigenvalue weighted by Crippen LogP contribution is 2.38. The minimum absolute atomic E-state index is 0.0729. The highest BCUT2D eigenvalue weighted by molar-refractivity contribution is 7.98. The van der Waals surface area contributed by atoms with Crippen LogP contribution in [-0.4, -0.2) is 35.5 Å². The third-order valence-electron chi connectivity index (χ3n) is 3.97. The van der Waals surface area contributed by atoms with Crippen LogP contribution in [0, 0.1) is 23.7 Å². The van der Waals surface area contributed by atoms with Crippen molar-refractivity contribution in [2.24, 2.45) is 23.7 Å². The Balaban J connectivity index is 2.52. The molecule has 0 heterocycles. The fraction of sp³-hybridized carbons (Fsp3) is 0.857.